The lowest BCUT2D eigenvalue weighted by atomic mass is 9.97. The van der Waals surface area contributed by atoms with Crippen molar-refractivity contribution in [3.8, 4) is 0 Å². The van der Waals surface area contributed by atoms with Crippen LogP contribution in [0.5, 0.6) is 0 Å². The van der Waals surface area contributed by atoms with Gasteiger partial charge in [0.2, 0.25) is 0 Å². The van der Waals surface area contributed by atoms with Gasteiger partial charge in [-0.15, -0.1) is 0 Å². The van der Waals surface area contributed by atoms with Crippen molar-refractivity contribution < 1.29 is 31.1 Å². The number of aromatic nitrogens is 1. The van der Waals surface area contributed by atoms with Gasteiger partial charge in [0.1, 0.15) is 11.9 Å². The van der Waals surface area contributed by atoms with E-state index in [4.69, 9.17) is 0 Å². The molecule has 32 heavy (non-hydrogen) atoms. The number of hydrazone groups is 1. The fourth-order valence-corrected chi connectivity index (χ4v) is 3.34. The second-order valence-electron chi connectivity index (χ2n) is 7.10. The number of carbonyl (C=O) groups excluding carboxylic acids is 1. The molecule has 0 radical (unpaired) electrons. The van der Waals surface area contributed by atoms with Crippen LogP contribution >= 0.6 is 0 Å². The number of rotatable bonds is 2. The molecule has 1 aromatic carbocycles. The Bertz CT molecular complexity index is 1140. The Balaban J connectivity index is 1.63. The zero-order valence-electron chi connectivity index (χ0n) is 16.3. The summed E-state index contributed by atoms with van der Waals surface area (Å²) in [7, 11) is 0. The molecule has 0 saturated heterocycles. The molecule has 1 amide bonds. The van der Waals surface area contributed by atoms with Crippen LogP contribution in [0.1, 0.15) is 29.3 Å². The highest BCUT2D eigenvalue weighted by Gasteiger charge is 2.34. The number of fused-ring (bicyclic) bond motifs is 1. The molecule has 0 bridgehead atoms. The molecule has 0 saturated carbocycles. The third-order valence-electron chi connectivity index (χ3n) is 4.92. The van der Waals surface area contributed by atoms with E-state index in [1.165, 1.54) is 24.3 Å². The van der Waals surface area contributed by atoms with Gasteiger partial charge in [-0.3, -0.25) is 9.78 Å². The van der Waals surface area contributed by atoms with Gasteiger partial charge in [-0.1, -0.05) is 12.1 Å². The van der Waals surface area contributed by atoms with Gasteiger partial charge in [-0.25, -0.2) is 5.01 Å². The number of pyridine rings is 1. The fourth-order valence-electron chi connectivity index (χ4n) is 3.34. The fraction of sp³-hybridized carbons (Fsp3) is 0.190. The minimum absolute atomic E-state index is 0.246. The Labute approximate surface area is 177 Å². The maximum Gasteiger partial charge on any atom is 0.433 e. The van der Waals surface area contributed by atoms with Gasteiger partial charge >= 0.3 is 12.4 Å². The van der Waals surface area contributed by atoms with E-state index in [9.17, 15) is 31.1 Å². The number of hydrogen-bond acceptors (Lipinski definition) is 4. The second-order valence-corrected chi connectivity index (χ2v) is 7.10. The van der Waals surface area contributed by atoms with Gasteiger partial charge < -0.3 is 5.32 Å². The number of alkyl halides is 6. The van der Waals surface area contributed by atoms with E-state index in [1.54, 1.807) is 13.0 Å². The summed E-state index contributed by atoms with van der Waals surface area (Å²) in [5, 5.41) is 8.37. The monoisotopic (exact) mass is 452 g/mol. The van der Waals surface area contributed by atoms with E-state index < -0.39 is 35.7 Å². The zero-order chi connectivity index (χ0) is 23.3. The van der Waals surface area contributed by atoms with Crippen LogP contribution in [-0.4, -0.2) is 27.8 Å². The molecule has 4 rings (SSSR count). The smallest absolute Gasteiger partial charge is 0.360 e. The van der Waals surface area contributed by atoms with E-state index in [1.807, 2.05) is 0 Å². The van der Waals surface area contributed by atoms with Crippen molar-refractivity contribution in [3.05, 3.63) is 77.1 Å². The lowest BCUT2D eigenvalue weighted by Gasteiger charge is -2.35. The van der Waals surface area contributed by atoms with Crippen LogP contribution in [0.15, 0.2) is 59.8 Å². The van der Waals surface area contributed by atoms with E-state index in [-0.39, 0.29) is 11.3 Å². The highest BCUT2D eigenvalue weighted by atomic mass is 19.4. The van der Waals surface area contributed by atoms with Gasteiger partial charge in [0.25, 0.3) is 5.91 Å². The Morgan fingerprint density at radius 1 is 0.938 bits per heavy atom. The quantitative estimate of drug-likeness (QED) is 0.673. The molecule has 1 aromatic heterocycles. The molecule has 3 heterocycles. The number of amides is 1. The van der Waals surface area contributed by atoms with Gasteiger partial charge in [0, 0.05) is 23.4 Å². The van der Waals surface area contributed by atoms with Crippen molar-refractivity contribution in [1.29, 1.82) is 0 Å². The molecule has 0 spiro atoms. The Morgan fingerprint density at radius 3 is 2.16 bits per heavy atom. The Hall–Kier alpha value is -3.63. The number of halogens is 6. The van der Waals surface area contributed by atoms with Crippen molar-refractivity contribution in [3.63, 3.8) is 0 Å². The predicted molar refractivity (Wildman–Crippen MR) is 104 cm³/mol. The molecular weight excluding hydrogens is 438 g/mol. The molecule has 2 aliphatic rings. The highest BCUT2D eigenvalue weighted by molar-refractivity contribution is 6.23. The Kier molecular flexibility index (Phi) is 5.06. The lowest BCUT2D eigenvalue weighted by Crippen LogP contribution is -2.49. The molecule has 2 aliphatic heterocycles. The topological polar surface area (TPSA) is 57.6 Å². The zero-order valence-corrected chi connectivity index (χ0v) is 16.3. The van der Waals surface area contributed by atoms with Crippen molar-refractivity contribution in [2.75, 3.05) is 0 Å². The minimum Gasteiger partial charge on any atom is -0.360 e. The van der Waals surface area contributed by atoms with Gasteiger partial charge in [0.15, 0.2) is 0 Å². The maximum atomic E-state index is 12.8. The largest absolute Gasteiger partial charge is 0.433 e. The third kappa shape index (κ3) is 4.10. The maximum absolute atomic E-state index is 12.8. The first-order chi connectivity index (χ1) is 14.9. The number of nitrogens with zero attached hydrogens (tertiary/aromatic N) is 3. The van der Waals surface area contributed by atoms with E-state index in [0.717, 1.165) is 29.4 Å². The third-order valence-corrected chi connectivity index (χ3v) is 4.92. The summed E-state index contributed by atoms with van der Waals surface area (Å²) in [5.74, 6) is -0.509. The van der Waals surface area contributed by atoms with Crippen LogP contribution in [0.4, 0.5) is 26.3 Å². The molecule has 11 heteroatoms. The van der Waals surface area contributed by atoms with E-state index >= 15 is 0 Å². The van der Waals surface area contributed by atoms with Crippen LogP contribution in [0, 0.1) is 0 Å². The number of allylic oxidation sites excluding steroid dienone is 1. The SMILES string of the molecule is CC1=NN2C(=O)C=C(c3ccc(C(F)(F)F)nc3)NC2C=C1c1ccc(C(F)(F)F)cc1. The molecule has 2 aromatic rings. The summed E-state index contributed by atoms with van der Waals surface area (Å²) >= 11 is 0. The van der Waals surface area contributed by atoms with Crippen molar-refractivity contribution >= 4 is 22.9 Å². The van der Waals surface area contributed by atoms with Crippen LogP contribution < -0.4 is 5.32 Å². The summed E-state index contributed by atoms with van der Waals surface area (Å²) in [6.45, 7) is 1.62. The molecule has 0 fully saturated rings. The molecule has 1 atom stereocenters. The highest BCUT2D eigenvalue weighted by Crippen LogP contribution is 2.32. The van der Waals surface area contributed by atoms with Crippen LogP contribution in [0.2, 0.25) is 0 Å². The molecule has 0 aliphatic carbocycles. The Morgan fingerprint density at radius 2 is 1.59 bits per heavy atom. The van der Waals surface area contributed by atoms with Crippen LogP contribution in [0.3, 0.4) is 0 Å². The average Bonchev–Trinajstić information content (AvgIpc) is 2.73. The minimum atomic E-state index is -4.59. The first-order valence-corrected chi connectivity index (χ1v) is 9.23. The summed E-state index contributed by atoms with van der Waals surface area (Å²) in [5.41, 5.74) is 0.0709. The normalized spacial score (nSPS) is 19.0. The number of nitrogens with one attached hydrogen (secondary N) is 1. The molecule has 166 valence electrons. The second kappa shape index (κ2) is 7.50. The van der Waals surface area contributed by atoms with Crippen LogP contribution in [0.25, 0.3) is 11.3 Å². The number of carbonyl (C=O) groups is 1. The first-order valence-electron chi connectivity index (χ1n) is 9.23. The standard InChI is InChI=1S/C21H14F6N4O/c1-11-15(12-2-5-14(6-3-12)20(22,23)24)8-18-29-16(9-19(32)31(18)30-11)13-4-7-17(28-10-13)21(25,26)27/h2-10,18,29H,1H3. The van der Waals surface area contributed by atoms with Crippen molar-refractivity contribution in [2.24, 2.45) is 5.10 Å². The van der Waals surface area contributed by atoms with E-state index in [0.29, 0.717) is 16.8 Å². The first kappa shape index (κ1) is 21.6. The van der Waals surface area contributed by atoms with Crippen molar-refractivity contribution in [1.82, 2.24) is 15.3 Å². The predicted octanol–water partition coefficient (Wildman–Crippen LogP) is 4.69. The van der Waals surface area contributed by atoms with Crippen LogP contribution in [-0.2, 0) is 17.1 Å². The summed E-state index contributed by atoms with van der Waals surface area (Å²) < 4.78 is 76.7. The summed E-state index contributed by atoms with van der Waals surface area (Å²) in [4.78, 5) is 15.9. The van der Waals surface area contributed by atoms with E-state index in [2.05, 4.69) is 15.4 Å². The molecular formula is C21H14F6N4O. The van der Waals surface area contributed by atoms with Gasteiger partial charge in [-0.05, 0) is 42.8 Å². The van der Waals surface area contributed by atoms with Crippen molar-refractivity contribution in [2.45, 2.75) is 25.4 Å². The summed E-state index contributed by atoms with van der Waals surface area (Å²) in [6, 6.07) is 6.52. The number of benzene rings is 1. The van der Waals surface area contributed by atoms with Gasteiger partial charge in [-0.2, -0.15) is 31.4 Å². The molecule has 5 nitrogen and oxygen atoms in total. The average molecular weight is 452 g/mol. The number of hydrogen-bond donors (Lipinski definition) is 1. The lowest BCUT2D eigenvalue weighted by molar-refractivity contribution is -0.141. The van der Waals surface area contributed by atoms with Gasteiger partial charge in [0.05, 0.1) is 17.0 Å². The molecule has 1 unspecified atom stereocenters. The molecule has 1 N–H and O–H groups in total. The summed E-state index contributed by atoms with van der Waals surface area (Å²) in [6.07, 6.45) is -6.03.